The first-order valence-electron chi connectivity index (χ1n) is 9.42. The summed E-state index contributed by atoms with van der Waals surface area (Å²) in [4.78, 5) is 15.3. The molecule has 1 amide bonds. The number of nitriles is 1. The van der Waals surface area contributed by atoms with Crippen molar-refractivity contribution in [2.75, 3.05) is 6.54 Å². The predicted molar refractivity (Wildman–Crippen MR) is 104 cm³/mol. The molecule has 0 radical (unpaired) electrons. The van der Waals surface area contributed by atoms with Crippen molar-refractivity contribution in [2.45, 2.75) is 45.1 Å². The largest absolute Gasteiger partial charge is 0.508 e. The fourth-order valence-electron chi connectivity index (χ4n) is 5.09. The number of nitrogens with zero attached hydrogens (tertiary/aromatic N) is 2. The standard InChI is InChI=1S/C23H24N2O2/c1-22(2)20-13-17-18(9-6-10-19(17)26)23(22,3)11-12-25(20)21(27)16-8-5-4-7-15(16)14-24/h4-10,20,26H,11-13H2,1-3H3/t20-,23-/m0/s1. The number of carbonyl (C=O) groups is 1. The Bertz CT molecular complexity index is 973. The molecule has 1 N–H and O–H groups in total. The van der Waals surface area contributed by atoms with Crippen LogP contribution in [0.2, 0.25) is 0 Å². The number of phenolic OH excluding ortho intramolecular Hbond substituents is 1. The Kier molecular flexibility index (Phi) is 3.82. The Morgan fingerprint density at radius 2 is 1.93 bits per heavy atom. The molecule has 0 aromatic heterocycles. The van der Waals surface area contributed by atoms with E-state index in [9.17, 15) is 15.2 Å². The number of likely N-dealkylation sites (tertiary alicyclic amines) is 1. The van der Waals surface area contributed by atoms with Crippen LogP contribution in [0.4, 0.5) is 0 Å². The van der Waals surface area contributed by atoms with Crippen molar-refractivity contribution in [1.82, 2.24) is 4.90 Å². The quantitative estimate of drug-likeness (QED) is 0.835. The van der Waals surface area contributed by atoms with Crippen molar-refractivity contribution >= 4 is 5.91 Å². The minimum Gasteiger partial charge on any atom is -0.508 e. The number of fused-ring (bicyclic) bond motifs is 4. The number of benzene rings is 2. The van der Waals surface area contributed by atoms with E-state index in [1.165, 1.54) is 5.56 Å². The second kappa shape index (κ2) is 5.85. The fraction of sp³-hybridized carbons (Fsp3) is 0.391. The van der Waals surface area contributed by atoms with Crippen LogP contribution >= 0.6 is 0 Å². The maximum Gasteiger partial charge on any atom is 0.255 e. The first-order chi connectivity index (χ1) is 12.8. The van der Waals surface area contributed by atoms with E-state index in [4.69, 9.17) is 0 Å². The molecule has 4 rings (SSSR count). The van der Waals surface area contributed by atoms with Gasteiger partial charge in [-0.2, -0.15) is 5.26 Å². The number of phenols is 1. The molecule has 27 heavy (non-hydrogen) atoms. The van der Waals surface area contributed by atoms with Crippen molar-refractivity contribution in [1.29, 1.82) is 5.26 Å². The Morgan fingerprint density at radius 1 is 1.19 bits per heavy atom. The van der Waals surface area contributed by atoms with Crippen LogP contribution in [0.5, 0.6) is 5.75 Å². The molecular weight excluding hydrogens is 336 g/mol. The Balaban J connectivity index is 1.81. The third kappa shape index (κ3) is 2.31. The number of amides is 1. The molecule has 4 heteroatoms. The normalized spacial score (nSPS) is 25.4. The number of carbonyl (C=O) groups excluding carboxylic acids is 1. The maximum absolute atomic E-state index is 13.4. The van der Waals surface area contributed by atoms with Crippen molar-refractivity contribution in [3.05, 3.63) is 64.7 Å². The van der Waals surface area contributed by atoms with Crippen LogP contribution in [0, 0.1) is 16.7 Å². The van der Waals surface area contributed by atoms with E-state index in [1.807, 2.05) is 11.0 Å². The van der Waals surface area contributed by atoms with Crippen molar-refractivity contribution in [3.8, 4) is 11.8 Å². The molecule has 1 fully saturated rings. The molecule has 1 heterocycles. The van der Waals surface area contributed by atoms with Crippen LogP contribution < -0.4 is 0 Å². The molecule has 138 valence electrons. The van der Waals surface area contributed by atoms with Gasteiger partial charge in [-0.15, -0.1) is 0 Å². The van der Waals surface area contributed by atoms with E-state index in [2.05, 4.69) is 32.9 Å². The fourth-order valence-corrected chi connectivity index (χ4v) is 5.09. The lowest BCUT2D eigenvalue weighted by molar-refractivity contribution is -0.0266. The third-order valence-corrected chi connectivity index (χ3v) is 7.17. The molecular formula is C23H24N2O2. The van der Waals surface area contributed by atoms with Gasteiger partial charge in [0.2, 0.25) is 0 Å². The monoisotopic (exact) mass is 360 g/mol. The average molecular weight is 360 g/mol. The van der Waals surface area contributed by atoms with E-state index >= 15 is 0 Å². The molecule has 2 bridgehead atoms. The Labute approximate surface area is 160 Å². The summed E-state index contributed by atoms with van der Waals surface area (Å²) in [7, 11) is 0. The number of hydrogen-bond donors (Lipinski definition) is 1. The molecule has 2 aromatic carbocycles. The average Bonchev–Trinajstić information content (AvgIpc) is 2.65. The highest BCUT2D eigenvalue weighted by Gasteiger charge is 2.57. The van der Waals surface area contributed by atoms with Crippen LogP contribution in [0.1, 0.15) is 54.2 Å². The second-order valence-corrected chi connectivity index (χ2v) is 8.48. The summed E-state index contributed by atoms with van der Waals surface area (Å²) < 4.78 is 0. The summed E-state index contributed by atoms with van der Waals surface area (Å²) in [6.45, 7) is 7.35. The Hall–Kier alpha value is -2.80. The highest BCUT2D eigenvalue weighted by molar-refractivity contribution is 5.97. The van der Waals surface area contributed by atoms with Gasteiger partial charge in [0.05, 0.1) is 17.2 Å². The number of piperidine rings is 1. The summed E-state index contributed by atoms with van der Waals surface area (Å²) in [5, 5.41) is 19.9. The van der Waals surface area contributed by atoms with Gasteiger partial charge in [0.15, 0.2) is 0 Å². The molecule has 2 aromatic rings. The van der Waals surface area contributed by atoms with E-state index < -0.39 is 0 Å². The van der Waals surface area contributed by atoms with Crippen LogP contribution in [0.25, 0.3) is 0 Å². The lowest BCUT2D eigenvalue weighted by Crippen LogP contribution is -2.64. The van der Waals surface area contributed by atoms with Crippen LogP contribution in [-0.4, -0.2) is 28.5 Å². The zero-order valence-corrected chi connectivity index (χ0v) is 16.0. The lowest BCUT2D eigenvalue weighted by atomic mass is 9.51. The number of rotatable bonds is 1. The van der Waals surface area contributed by atoms with Gasteiger partial charge in [0, 0.05) is 18.0 Å². The SMILES string of the molecule is CC1(C)[C@@H]2Cc3c(O)cccc3[C@]1(C)CCN2C(=O)c1ccccc1C#N. The molecule has 2 atom stereocenters. The Morgan fingerprint density at radius 3 is 2.67 bits per heavy atom. The topological polar surface area (TPSA) is 64.3 Å². The van der Waals surface area contributed by atoms with Gasteiger partial charge in [-0.3, -0.25) is 4.79 Å². The van der Waals surface area contributed by atoms with E-state index in [-0.39, 0.29) is 22.8 Å². The number of hydrogen-bond acceptors (Lipinski definition) is 3. The highest BCUT2D eigenvalue weighted by Crippen LogP contribution is 2.57. The molecule has 0 unspecified atom stereocenters. The summed E-state index contributed by atoms with van der Waals surface area (Å²) in [6, 6.07) is 14.9. The molecule has 1 aliphatic heterocycles. The zero-order valence-electron chi connectivity index (χ0n) is 16.0. The van der Waals surface area contributed by atoms with Crippen molar-refractivity contribution in [3.63, 3.8) is 0 Å². The summed E-state index contributed by atoms with van der Waals surface area (Å²) >= 11 is 0. The van der Waals surface area contributed by atoms with Crippen LogP contribution in [0.3, 0.4) is 0 Å². The van der Waals surface area contributed by atoms with Gasteiger partial charge in [-0.25, -0.2) is 0 Å². The molecule has 0 spiro atoms. The third-order valence-electron chi connectivity index (χ3n) is 7.17. The number of aromatic hydroxyl groups is 1. The zero-order chi connectivity index (χ0) is 19.4. The first kappa shape index (κ1) is 17.6. The summed E-state index contributed by atoms with van der Waals surface area (Å²) in [6.07, 6.45) is 1.46. The maximum atomic E-state index is 13.4. The highest BCUT2D eigenvalue weighted by atomic mass is 16.3. The molecule has 0 saturated carbocycles. The molecule has 2 aliphatic rings. The van der Waals surface area contributed by atoms with E-state index in [1.54, 1.807) is 30.3 Å². The van der Waals surface area contributed by atoms with E-state index in [0.29, 0.717) is 29.8 Å². The molecule has 1 aliphatic carbocycles. The van der Waals surface area contributed by atoms with Gasteiger partial charge < -0.3 is 10.0 Å². The van der Waals surface area contributed by atoms with Crippen LogP contribution in [-0.2, 0) is 11.8 Å². The summed E-state index contributed by atoms with van der Waals surface area (Å²) in [5.41, 5.74) is 2.76. The first-order valence-corrected chi connectivity index (χ1v) is 9.42. The van der Waals surface area contributed by atoms with Crippen LogP contribution in [0.15, 0.2) is 42.5 Å². The van der Waals surface area contributed by atoms with Gasteiger partial charge in [-0.05, 0) is 47.6 Å². The van der Waals surface area contributed by atoms with Gasteiger partial charge in [-0.1, -0.05) is 45.0 Å². The van der Waals surface area contributed by atoms with Crippen molar-refractivity contribution < 1.29 is 9.90 Å². The van der Waals surface area contributed by atoms with Crippen molar-refractivity contribution in [2.24, 2.45) is 5.41 Å². The van der Waals surface area contributed by atoms with E-state index in [0.717, 1.165) is 12.0 Å². The smallest absolute Gasteiger partial charge is 0.255 e. The van der Waals surface area contributed by atoms with Gasteiger partial charge in [0.1, 0.15) is 5.75 Å². The molecule has 4 nitrogen and oxygen atoms in total. The lowest BCUT2D eigenvalue weighted by Gasteiger charge is -2.60. The van der Waals surface area contributed by atoms with Gasteiger partial charge in [0.25, 0.3) is 5.91 Å². The summed E-state index contributed by atoms with van der Waals surface area (Å²) in [5.74, 6) is 0.220. The minimum absolute atomic E-state index is 0.0312. The minimum atomic E-state index is -0.150. The van der Waals surface area contributed by atoms with Gasteiger partial charge >= 0.3 is 0 Å². The predicted octanol–water partition coefficient (Wildman–Crippen LogP) is 4.02. The molecule has 1 saturated heterocycles. The second-order valence-electron chi connectivity index (χ2n) is 8.48.